The van der Waals surface area contributed by atoms with Gasteiger partial charge >= 0.3 is 0 Å². The smallest absolute Gasteiger partial charge is 0.244 e. The van der Waals surface area contributed by atoms with Crippen LogP contribution in [0.5, 0.6) is 0 Å². The summed E-state index contributed by atoms with van der Waals surface area (Å²) in [6.45, 7) is 1.20. The summed E-state index contributed by atoms with van der Waals surface area (Å²) in [4.78, 5) is -0.0197. The van der Waals surface area contributed by atoms with Gasteiger partial charge in [0.05, 0.1) is 23.3 Å². The van der Waals surface area contributed by atoms with Gasteiger partial charge in [-0.1, -0.05) is 23.2 Å². The predicted octanol–water partition coefficient (Wildman–Crippen LogP) is 3.96. The molecule has 150 valence electrons. The van der Waals surface area contributed by atoms with Crippen molar-refractivity contribution in [1.29, 1.82) is 0 Å². The van der Waals surface area contributed by atoms with Gasteiger partial charge in [-0.25, -0.2) is 12.8 Å². The van der Waals surface area contributed by atoms with Crippen LogP contribution in [0, 0.1) is 5.82 Å². The van der Waals surface area contributed by atoms with Crippen LogP contribution in [0.25, 0.3) is 0 Å². The van der Waals surface area contributed by atoms with Crippen molar-refractivity contribution in [2.24, 2.45) is 0 Å². The van der Waals surface area contributed by atoms with Crippen molar-refractivity contribution < 1.29 is 17.5 Å². The molecule has 0 atom stereocenters. The standard InChI is InChI=1S/C17H16Cl2FN3O3S2/c18-13-3-1-12(10-16(13)28(24,25)23-5-7-26-8-6-23)22-17(27)21-11-2-4-15(20)14(19)9-11/h1-4,9-10H,5-8H2,(H2,21,22,27). The molecule has 0 bridgehead atoms. The van der Waals surface area contributed by atoms with E-state index in [4.69, 9.17) is 40.2 Å². The van der Waals surface area contributed by atoms with Gasteiger partial charge in [-0.2, -0.15) is 4.31 Å². The number of morpholine rings is 1. The van der Waals surface area contributed by atoms with Gasteiger partial charge in [0.1, 0.15) is 10.7 Å². The highest BCUT2D eigenvalue weighted by Gasteiger charge is 2.28. The number of hydrogen-bond acceptors (Lipinski definition) is 4. The van der Waals surface area contributed by atoms with Crippen molar-refractivity contribution in [3.8, 4) is 0 Å². The van der Waals surface area contributed by atoms with E-state index in [0.717, 1.165) is 0 Å². The Kier molecular flexibility index (Phi) is 6.74. The van der Waals surface area contributed by atoms with Crippen molar-refractivity contribution in [2.45, 2.75) is 4.90 Å². The molecule has 0 radical (unpaired) electrons. The van der Waals surface area contributed by atoms with Crippen molar-refractivity contribution in [2.75, 3.05) is 36.9 Å². The van der Waals surface area contributed by atoms with Crippen molar-refractivity contribution in [3.63, 3.8) is 0 Å². The number of thiocarbonyl (C=S) groups is 1. The topological polar surface area (TPSA) is 70.7 Å². The number of nitrogens with zero attached hydrogens (tertiary/aromatic N) is 1. The highest BCUT2D eigenvalue weighted by atomic mass is 35.5. The van der Waals surface area contributed by atoms with E-state index in [2.05, 4.69) is 10.6 Å². The van der Waals surface area contributed by atoms with Gasteiger partial charge < -0.3 is 15.4 Å². The molecule has 0 aromatic heterocycles. The fraction of sp³-hybridized carbons (Fsp3) is 0.235. The molecule has 1 aliphatic heterocycles. The van der Waals surface area contributed by atoms with Crippen LogP contribution in [-0.2, 0) is 14.8 Å². The Bertz CT molecular complexity index is 999. The zero-order chi connectivity index (χ0) is 20.3. The van der Waals surface area contributed by atoms with Gasteiger partial charge in [-0.05, 0) is 48.6 Å². The molecule has 1 fully saturated rings. The lowest BCUT2D eigenvalue weighted by atomic mass is 10.3. The number of anilines is 2. The number of hydrogen-bond donors (Lipinski definition) is 2. The number of nitrogens with one attached hydrogen (secondary N) is 2. The highest BCUT2D eigenvalue weighted by molar-refractivity contribution is 7.89. The average Bonchev–Trinajstić information content (AvgIpc) is 2.67. The minimum Gasteiger partial charge on any atom is -0.379 e. The summed E-state index contributed by atoms with van der Waals surface area (Å²) in [5.74, 6) is -0.540. The van der Waals surface area contributed by atoms with E-state index in [-0.39, 0.29) is 33.1 Å². The molecular weight excluding hydrogens is 448 g/mol. The van der Waals surface area contributed by atoms with Gasteiger partial charge in [0, 0.05) is 24.5 Å². The zero-order valence-electron chi connectivity index (χ0n) is 14.4. The molecule has 11 heteroatoms. The second kappa shape index (κ2) is 8.89. The first kappa shape index (κ1) is 21.2. The van der Waals surface area contributed by atoms with Crippen molar-refractivity contribution in [1.82, 2.24) is 4.31 Å². The molecule has 2 aromatic carbocycles. The summed E-state index contributed by atoms with van der Waals surface area (Å²) < 4.78 is 45.5. The quantitative estimate of drug-likeness (QED) is 0.668. The Labute approximate surface area is 177 Å². The summed E-state index contributed by atoms with van der Waals surface area (Å²) in [7, 11) is -3.76. The van der Waals surface area contributed by atoms with Crippen LogP contribution in [0.15, 0.2) is 41.3 Å². The molecule has 1 saturated heterocycles. The summed E-state index contributed by atoms with van der Waals surface area (Å²) in [6, 6.07) is 8.58. The van der Waals surface area contributed by atoms with Crippen LogP contribution in [-0.4, -0.2) is 44.1 Å². The Morgan fingerprint density at radius 2 is 1.64 bits per heavy atom. The molecule has 1 heterocycles. The molecule has 2 N–H and O–H groups in total. The maximum Gasteiger partial charge on any atom is 0.244 e. The molecular formula is C17H16Cl2FN3O3S2. The molecule has 6 nitrogen and oxygen atoms in total. The minimum absolute atomic E-state index is 0.0197. The Morgan fingerprint density at radius 1 is 1.04 bits per heavy atom. The Balaban J connectivity index is 1.77. The van der Waals surface area contributed by atoms with E-state index in [9.17, 15) is 12.8 Å². The summed E-state index contributed by atoms with van der Waals surface area (Å²) in [5, 5.41) is 5.99. The summed E-state index contributed by atoms with van der Waals surface area (Å²) >= 11 is 17.1. The lowest BCUT2D eigenvalue weighted by Gasteiger charge is -2.26. The third kappa shape index (κ3) is 4.91. The van der Waals surface area contributed by atoms with Crippen LogP contribution in [0.2, 0.25) is 10.0 Å². The van der Waals surface area contributed by atoms with Gasteiger partial charge in [-0.15, -0.1) is 0 Å². The maximum atomic E-state index is 13.2. The van der Waals surface area contributed by atoms with E-state index in [0.29, 0.717) is 24.6 Å². The van der Waals surface area contributed by atoms with Gasteiger partial charge in [0.2, 0.25) is 10.0 Å². The monoisotopic (exact) mass is 463 g/mol. The summed E-state index contributed by atoms with van der Waals surface area (Å²) in [6.07, 6.45) is 0. The summed E-state index contributed by atoms with van der Waals surface area (Å²) in [5.41, 5.74) is 0.918. The second-order valence-corrected chi connectivity index (χ2v) is 9.00. The van der Waals surface area contributed by atoms with E-state index >= 15 is 0 Å². The zero-order valence-corrected chi connectivity index (χ0v) is 17.6. The van der Waals surface area contributed by atoms with Crippen LogP contribution < -0.4 is 10.6 Å². The predicted molar refractivity (Wildman–Crippen MR) is 112 cm³/mol. The van der Waals surface area contributed by atoms with Crippen molar-refractivity contribution >= 4 is 61.9 Å². The third-order valence-electron chi connectivity index (χ3n) is 3.95. The molecule has 0 unspecified atom stereocenters. The highest BCUT2D eigenvalue weighted by Crippen LogP contribution is 2.28. The first-order valence-corrected chi connectivity index (χ1v) is 10.8. The average molecular weight is 464 g/mol. The van der Waals surface area contributed by atoms with E-state index in [1.54, 1.807) is 6.07 Å². The maximum absolute atomic E-state index is 13.2. The molecule has 0 saturated carbocycles. The molecule has 0 amide bonds. The molecule has 2 aromatic rings. The molecule has 0 spiro atoms. The Hall–Kier alpha value is -1.49. The van der Waals surface area contributed by atoms with Crippen molar-refractivity contribution in [3.05, 3.63) is 52.3 Å². The number of benzene rings is 2. The lowest BCUT2D eigenvalue weighted by molar-refractivity contribution is 0.0730. The van der Waals surface area contributed by atoms with Gasteiger partial charge in [0.15, 0.2) is 5.11 Å². The van der Waals surface area contributed by atoms with Crippen LogP contribution in [0.1, 0.15) is 0 Å². The normalized spacial score (nSPS) is 15.2. The minimum atomic E-state index is -3.76. The molecule has 1 aliphatic rings. The number of rotatable bonds is 4. The SMILES string of the molecule is O=S(=O)(c1cc(NC(=S)Nc2ccc(F)c(Cl)c2)ccc1Cl)N1CCOCC1. The fourth-order valence-electron chi connectivity index (χ4n) is 2.57. The molecule has 3 rings (SSSR count). The lowest BCUT2D eigenvalue weighted by Crippen LogP contribution is -2.40. The fourth-order valence-corrected chi connectivity index (χ4v) is 4.90. The van der Waals surface area contributed by atoms with E-state index in [1.807, 2.05) is 0 Å². The largest absolute Gasteiger partial charge is 0.379 e. The molecule has 0 aliphatic carbocycles. The number of sulfonamides is 1. The van der Waals surface area contributed by atoms with Crippen LogP contribution in [0.4, 0.5) is 15.8 Å². The first-order chi connectivity index (χ1) is 13.3. The van der Waals surface area contributed by atoms with Crippen LogP contribution in [0.3, 0.4) is 0 Å². The first-order valence-electron chi connectivity index (χ1n) is 8.18. The second-order valence-electron chi connectivity index (χ2n) is 5.87. The third-order valence-corrected chi connectivity index (χ3v) is 6.83. The van der Waals surface area contributed by atoms with Crippen LogP contribution >= 0.6 is 35.4 Å². The number of ether oxygens (including phenoxy) is 1. The van der Waals surface area contributed by atoms with E-state index < -0.39 is 15.8 Å². The molecule has 28 heavy (non-hydrogen) atoms. The van der Waals surface area contributed by atoms with Gasteiger partial charge in [-0.3, -0.25) is 0 Å². The number of halogens is 3. The van der Waals surface area contributed by atoms with Gasteiger partial charge in [0.25, 0.3) is 0 Å². The Morgan fingerprint density at radius 3 is 2.29 bits per heavy atom. The van der Waals surface area contributed by atoms with E-state index in [1.165, 1.54) is 34.6 Å².